The van der Waals surface area contributed by atoms with Crippen molar-refractivity contribution in [1.29, 1.82) is 0 Å². The molecular weight excluding hydrogens is 352 g/mol. The predicted octanol–water partition coefficient (Wildman–Crippen LogP) is 4.91. The molecule has 2 rings (SSSR count). The van der Waals surface area contributed by atoms with Crippen molar-refractivity contribution >= 4 is 23.2 Å². The zero-order chi connectivity index (χ0) is 18.6. The van der Waals surface area contributed by atoms with Crippen LogP contribution in [0, 0.1) is 17.6 Å². The molecule has 2 aromatic rings. The van der Waals surface area contributed by atoms with E-state index in [0.29, 0.717) is 12.4 Å². The fourth-order valence-corrected chi connectivity index (χ4v) is 2.31. The van der Waals surface area contributed by atoms with E-state index in [-0.39, 0.29) is 22.3 Å². The van der Waals surface area contributed by atoms with Crippen LogP contribution in [0.2, 0.25) is 5.02 Å². The van der Waals surface area contributed by atoms with Crippen LogP contribution in [0.1, 0.15) is 24.2 Å². The van der Waals surface area contributed by atoms with E-state index in [1.54, 1.807) is 0 Å². The standard InChI is InChI=1S/C18H18ClF2NO3/c1-10(2)9-25-17-12(19)7-11(8-15(17)24-3)18(23)22-16-13(20)5-4-6-14(16)21/h4-8,10H,9H2,1-3H3,(H,22,23). The van der Waals surface area contributed by atoms with Crippen molar-refractivity contribution in [3.8, 4) is 11.5 Å². The van der Waals surface area contributed by atoms with Crippen LogP contribution in [0.15, 0.2) is 30.3 Å². The molecule has 0 saturated heterocycles. The molecule has 0 saturated carbocycles. The summed E-state index contributed by atoms with van der Waals surface area (Å²) in [4.78, 5) is 12.3. The van der Waals surface area contributed by atoms with Crippen LogP contribution in [-0.4, -0.2) is 19.6 Å². The lowest BCUT2D eigenvalue weighted by Crippen LogP contribution is -2.15. The van der Waals surface area contributed by atoms with Gasteiger partial charge < -0.3 is 14.8 Å². The van der Waals surface area contributed by atoms with Crippen LogP contribution in [0.25, 0.3) is 0 Å². The molecule has 25 heavy (non-hydrogen) atoms. The Bertz CT molecular complexity index is 761. The maximum Gasteiger partial charge on any atom is 0.256 e. The molecule has 0 aliphatic carbocycles. The Morgan fingerprint density at radius 1 is 1.24 bits per heavy atom. The summed E-state index contributed by atoms with van der Waals surface area (Å²) >= 11 is 6.17. The lowest BCUT2D eigenvalue weighted by Gasteiger charge is -2.15. The molecule has 2 aromatic carbocycles. The number of carbonyl (C=O) groups excluding carboxylic acids is 1. The molecular formula is C18H18ClF2NO3. The van der Waals surface area contributed by atoms with Crippen molar-refractivity contribution in [3.63, 3.8) is 0 Å². The monoisotopic (exact) mass is 369 g/mol. The summed E-state index contributed by atoms with van der Waals surface area (Å²) in [5.74, 6) is -1.63. The van der Waals surface area contributed by atoms with Crippen LogP contribution in [0.5, 0.6) is 11.5 Å². The highest BCUT2D eigenvalue weighted by Gasteiger charge is 2.18. The Hall–Kier alpha value is -2.34. The number of anilines is 1. The van der Waals surface area contributed by atoms with Crippen molar-refractivity contribution in [3.05, 3.63) is 52.6 Å². The largest absolute Gasteiger partial charge is 0.493 e. The first-order valence-corrected chi connectivity index (χ1v) is 7.97. The van der Waals surface area contributed by atoms with E-state index < -0.39 is 23.2 Å². The number of nitrogens with one attached hydrogen (secondary N) is 1. The Morgan fingerprint density at radius 3 is 2.44 bits per heavy atom. The summed E-state index contributed by atoms with van der Waals surface area (Å²) < 4.78 is 38.1. The highest BCUT2D eigenvalue weighted by atomic mass is 35.5. The smallest absolute Gasteiger partial charge is 0.256 e. The third-order valence-electron chi connectivity index (χ3n) is 3.25. The molecule has 0 heterocycles. The van der Waals surface area contributed by atoms with Gasteiger partial charge >= 0.3 is 0 Å². The number of amides is 1. The van der Waals surface area contributed by atoms with Gasteiger partial charge in [0.25, 0.3) is 5.91 Å². The molecule has 0 radical (unpaired) electrons. The molecule has 4 nitrogen and oxygen atoms in total. The summed E-state index contributed by atoms with van der Waals surface area (Å²) in [6, 6.07) is 6.06. The van der Waals surface area contributed by atoms with Crippen molar-refractivity contribution in [2.24, 2.45) is 5.92 Å². The van der Waals surface area contributed by atoms with E-state index in [1.165, 1.54) is 25.3 Å². The Balaban J connectivity index is 2.30. The number of halogens is 3. The summed E-state index contributed by atoms with van der Waals surface area (Å²) in [5, 5.41) is 2.36. The highest BCUT2D eigenvalue weighted by Crippen LogP contribution is 2.37. The second-order valence-electron chi connectivity index (χ2n) is 5.75. The van der Waals surface area contributed by atoms with Crippen LogP contribution >= 0.6 is 11.6 Å². The summed E-state index contributed by atoms with van der Waals surface area (Å²) in [6.07, 6.45) is 0. The number of para-hydroxylation sites is 1. The van der Waals surface area contributed by atoms with Crippen molar-refractivity contribution in [2.75, 3.05) is 19.0 Å². The SMILES string of the molecule is COc1cc(C(=O)Nc2c(F)cccc2F)cc(Cl)c1OCC(C)C. The lowest BCUT2D eigenvalue weighted by molar-refractivity contribution is 0.102. The first-order valence-electron chi connectivity index (χ1n) is 7.59. The third-order valence-corrected chi connectivity index (χ3v) is 3.53. The summed E-state index contributed by atoms with van der Waals surface area (Å²) in [6.45, 7) is 4.37. The minimum atomic E-state index is -0.872. The van der Waals surface area contributed by atoms with E-state index in [4.69, 9.17) is 21.1 Å². The second kappa shape index (κ2) is 8.16. The molecule has 0 aromatic heterocycles. The summed E-state index contributed by atoms with van der Waals surface area (Å²) in [7, 11) is 1.41. The minimum absolute atomic E-state index is 0.0846. The van der Waals surface area contributed by atoms with Gasteiger partial charge in [-0.1, -0.05) is 31.5 Å². The molecule has 0 aliphatic rings. The number of rotatable bonds is 6. The third kappa shape index (κ3) is 4.60. The van der Waals surface area contributed by atoms with Crippen LogP contribution < -0.4 is 14.8 Å². The van der Waals surface area contributed by atoms with Gasteiger partial charge in [0.05, 0.1) is 18.7 Å². The van der Waals surface area contributed by atoms with E-state index >= 15 is 0 Å². The van der Waals surface area contributed by atoms with Crippen LogP contribution in [-0.2, 0) is 0 Å². The van der Waals surface area contributed by atoms with Gasteiger partial charge in [0.2, 0.25) is 0 Å². The minimum Gasteiger partial charge on any atom is -0.493 e. The van der Waals surface area contributed by atoms with Crippen molar-refractivity contribution in [1.82, 2.24) is 0 Å². The highest BCUT2D eigenvalue weighted by molar-refractivity contribution is 6.32. The normalized spacial score (nSPS) is 10.7. The maximum atomic E-state index is 13.7. The molecule has 0 unspecified atom stereocenters. The Morgan fingerprint density at radius 2 is 1.88 bits per heavy atom. The van der Waals surface area contributed by atoms with Gasteiger partial charge in [-0.3, -0.25) is 4.79 Å². The van der Waals surface area contributed by atoms with Gasteiger partial charge in [0.1, 0.15) is 17.3 Å². The maximum absolute atomic E-state index is 13.7. The fraction of sp³-hybridized carbons (Fsp3) is 0.278. The molecule has 134 valence electrons. The topological polar surface area (TPSA) is 47.6 Å². The van der Waals surface area contributed by atoms with Gasteiger partial charge in [-0.2, -0.15) is 0 Å². The van der Waals surface area contributed by atoms with E-state index in [0.717, 1.165) is 12.1 Å². The van der Waals surface area contributed by atoms with E-state index in [2.05, 4.69) is 5.32 Å². The van der Waals surface area contributed by atoms with E-state index in [1.807, 2.05) is 13.8 Å². The quantitative estimate of drug-likeness (QED) is 0.786. The number of hydrogen-bond donors (Lipinski definition) is 1. The van der Waals surface area contributed by atoms with E-state index in [9.17, 15) is 13.6 Å². The first kappa shape index (κ1) is 19.0. The number of benzene rings is 2. The molecule has 1 amide bonds. The van der Waals surface area contributed by atoms with Gasteiger partial charge in [0.15, 0.2) is 11.5 Å². The average Bonchev–Trinajstić information content (AvgIpc) is 2.56. The predicted molar refractivity (Wildman–Crippen MR) is 92.6 cm³/mol. The van der Waals surface area contributed by atoms with Gasteiger partial charge in [-0.05, 0) is 30.2 Å². The number of hydrogen-bond acceptors (Lipinski definition) is 3. The molecule has 0 fully saturated rings. The second-order valence-corrected chi connectivity index (χ2v) is 6.15. The van der Waals surface area contributed by atoms with Crippen molar-refractivity contribution in [2.45, 2.75) is 13.8 Å². The summed E-state index contributed by atoms with van der Waals surface area (Å²) in [5.41, 5.74) is -0.441. The number of carbonyl (C=O) groups is 1. The van der Waals surface area contributed by atoms with Gasteiger partial charge in [-0.15, -0.1) is 0 Å². The molecule has 0 spiro atoms. The van der Waals surface area contributed by atoms with Crippen LogP contribution in [0.3, 0.4) is 0 Å². The number of ether oxygens (including phenoxy) is 2. The average molecular weight is 370 g/mol. The zero-order valence-corrected chi connectivity index (χ0v) is 14.8. The Labute approximate surface area is 149 Å². The number of methoxy groups -OCH3 is 1. The van der Waals surface area contributed by atoms with Gasteiger partial charge in [0, 0.05) is 5.56 Å². The fourth-order valence-electron chi connectivity index (χ4n) is 2.04. The zero-order valence-electron chi connectivity index (χ0n) is 14.0. The molecule has 7 heteroatoms. The first-order chi connectivity index (χ1) is 11.8. The van der Waals surface area contributed by atoms with Crippen molar-refractivity contribution < 1.29 is 23.0 Å². The lowest BCUT2D eigenvalue weighted by atomic mass is 10.1. The molecule has 1 N–H and O–H groups in total. The Kier molecular flexibility index (Phi) is 6.20. The molecule has 0 bridgehead atoms. The van der Waals surface area contributed by atoms with Crippen LogP contribution in [0.4, 0.5) is 14.5 Å². The molecule has 0 aliphatic heterocycles. The van der Waals surface area contributed by atoms with Gasteiger partial charge in [-0.25, -0.2) is 8.78 Å². The molecule has 0 atom stereocenters.